The number of rotatable bonds is 2. The number of benzene rings is 1. The molecule has 3 heteroatoms. The van der Waals surface area contributed by atoms with Gasteiger partial charge in [0.1, 0.15) is 0 Å². The van der Waals surface area contributed by atoms with Crippen LogP contribution in [0.15, 0.2) is 39.8 Å². The average Bonchev–Trinajstić information content (AvgIpc) is 2.03. The lowest BCUT2D eigenvalue weighted by atomic mass is 10.1. The molecule has 0 amide bonds. The number of halogens is 2. The van der Waals surface area contributed by atoms with Gasteiger partial charge in [-0.1, -0.05) is 12.6 Å². The van der Waals surface area contributed by atoms with Crippen LogP contribution in [-0.2, 0) is 0 Å². The van der Waals surface area contributed by atoms with Crippen molar-refractivity contribution in [3.63, 3.8) is 0 Å². The SMILES string of the molecule is C=CC(=O)c1c(Br)cccc1Br. The Morgan fingerprint density at radius 3 is 2.25 bits per heavy atom. The number of carbonyl (C=O) groups is 1. The summed E-state index contributed by atoms with van der Waals surface area (Å²) in [6.07, 6.45) is 1.30. The first-order valence-corrected chi connectivity index (χ1v) is 4.86. The fraction of sp³-hybridized carbons (Fsp3) is 0. The molecule has 0 radical (unpaired) electrons. The molecule has 1 aromatic rings. The van der Waals surface area contributed by atoms with Crippen molar-refractivity contribution in [2.24, 2.45) is 0 Å². The van der Waals surface area contributed by atoms with E-state index in [0.717, 1.165) is 8.95 Å². The molecule has 0 saturated heterocycles. The van der Waals surface area contributed by atoms with Crippen LogP contribution in [-0.4, -0.2) is 5.78 Å². The smallest absolute Gasteiger partial charge is 0.187 e. The van der Waals surface area contributed by atoms with Gasteiger partial charge in [-0.2, -0.15) is 0 Å². The van der Waals surface area contributed by atoms with Crippen molar-refractivity contribution in [3.05, 3.63) is 45.4 Å². The second kappa shape index (κ2) is 4.01. The van der Waals surface area contributed by atoms with Gasteiger partial charge >= 0.3 is 0 Å². The highest BCUT2D eigenvalue weighted by atomic mass is 79.9. The maximum atomic E-state index is 11.3. The van der Waals surface area contributed by atoms with Crippen LogP contribution in [0.4, 0.5) is 0 Å². The van der Waals surface area contributed by atoms with E-state index < -0.39 is 0 Å². The number of allylic oxidation sites excluding steroid dienone is 1. The maximum Gasteiger partial charge on any atom is 0.187 e. The Kier molecular flexibility index (Phi) is 3.23. The highest BCUT2D eigenvalue weighted by Crippen LogP contribution is 2.25. The molecule has 1 aromatic carbocycles. The van der Waals surface area contributed by atoms with Gasteiger partial charge in [-0.15, -0.1) is 0 Å². The van der Waals surface area contributed by atoms with E-state index >= 15 is 0 Å². The Labute approximate surface area is 87.7 Å². The van der Waals surface area contributed by atoms with E-state index in [1.165, 1.54) is 6.08 Å². The van der Waals surface area contributed by atoms with Gasteiger partial charge in [-0.05, 0) is 50.1 Å². The fourth-order valence-corrected chi connectivity index (χ4v) is 2.22. The molecule has 62 valence electrons. The Morgan fingerprint density at radius 1 is 1.33 bits per heavy atom. The van der Waals surface area contributed by atoms with Gasteiger partial charge < -0.3 is 0 Å². The Bertz CT molecular complexity index is 311. The minimum Gasteiger partial charge on any atom is -0.289 e. The summed E-state index contributed by atoms with van der Waals surface area (Å²) in [5, 5.41) is 0. The molecule has 0 spiro atoms. The first-order chi connectivity index (χ1) is 5.66. The normalized spacial score (nSPS) is 9.50. The van der Waals surface area contributed by atoms with E-state index in [4.69, 9.17) is 0 Å². The maximum absolute atomic E-state index is 11.3. The van der Waals surface area contributed by atoms with Gasteiger partial charge in [0, 0.05) is 8.95 Å². The third kappa shape index (κ3) is 1.84. The van der Waals surface area contributed by atoms with Crippen molar-refractivity contribution in [2.75, 3.05) is 0 Å². The molecule has 1 nitrogen and oxygen atoms in total. The second-order valence-corrected chi connectivity index (χ2v) is 3.87. The van der Waals surface area contributed by atoms with E-state index in [9.17, 15) is 4.79 Å². The lowest BCUT2D eigenvalue weighted by molar-refractivity contribution is 0.104. The molecule has 0 heterocycles. The molecule has 0 aliphatic rings. The molecule has 0 atom stereocenters. The van der Waals surface area contributed by atoms with Crippen molar-refractivity contribution < 1.29 is 4.79 Å². The Hall–Kier alpha value is -0.410. The summed E-state index contributed by atoms with van der Waals surface area (Å²) in [5.74, 6) is -0.0886. The third-order valence-electron chi connectivity index (χ3n) is 1.39. The molecular formula is C9H6Br2O. The summed E-state index contributed by atoms with van der Waals surface area (Å²) >= 11 is 6.58. The molecule has 12 heavy (non-hydrogen) atoms. The first kappa shape index (κ1) is 9.68. The van der Waals surface area contributed by atoms with Crippen LogP contribution >= 0.6 is 31.9 Å². The molecule has 0 aromatic heterocycles. The minimum atomic E-state index is -0.0886. The molecule has 0 N–H and O–H groups in total. The topological polar surface area (TPSA) is 17.1 Å². The molecule has 0 saturated carbocycles. The molecule has 0 bridgehead atoms. The number of hydrogen-bond donors (Lipinski definition) is 0. The van der Waals surface area contributed by atoms with Crippen LogP contribution in [0.5, 0.6) is 0 Å². The molecular weight excluding hydrogens is 284 g/mol. The minimum absolute atomic E-state index is 0.0886. The van der Waals surface area contributed by atoms with Gasteiger partial charge in [-0.25, -0.2) is 0 Å². The molecule has 1 rings (SSSR count). The van der Waals surface area contributed by atoms with Crippen molar-refractivity contribution in [1.82, 2.24) is 0 Å². The van der Waals surface area contributed by atoms with Gasteiger partial charge in [0.2, 0.25) is 0 Å². The van der Waals surface area contributed by atoms with Crippen LogP contribution in [0.25, 0.3) is 0 Å². The summed E-state index contributed by atoms with van der Waals surface area (Å²) < 4.78 is 1.56. The Morgan fingerprint density at radius 2 is 1.83 bits per heavy atom. The molecule has 0 fully saturated rings. The summed E-state index contributed by atoms with van der Waals surface area (Å²) in [6, 6.07) is 5.50. The highest BCUT2D eigenvalue weighted by Gasteiger charge is 2.09. The standard InChI is InChI=1S/C9H6Br2O/c1-2-8(12)9-6(10)4-3-5-7(9)11/h2-5H,1H2. The zero-order chi connectivity index (χ0) is 9.14. The summed E-state index contributed by atoms with van der Waals surface area (Å²) in [5.41, 5.74) is 0.618. The first-order valence-electron chi connectivity index (χ1n) is 3.27. The lowest BCUT2D eigenvalue weighted by Crippen LogP contribution is -1.96. The van der Waals surface area contributed by atoms with E-state index in [1.807, 2.05) is 18.2 Å². The highest BCUT2D eigenvalue weighted by molar-refractivity contribution is 9.11. The number of ketones is 1. The monoisotopic (exact) mass is 288 g/mol. The zero-order valence-corrected chi connectivity index (χ0v) is 9.35. The van der Waals surface area contributed by atoms with Crippen LogP contribution < -0.4 is 0 Å². The summed E-state index contributed by atoms with van der Waals surface area (Å²) in [6.45, 7) is 3.43. The van der Waals surface area contributed by atoms with Crippen LogP contribution in [0.3, 0.4) is 0 Å². The van der Waals surface area contributed by atoms with E-state index in [2.05, 4.69) is 38.4 Å². The second-order valence-electron chi connectivity index (χ2n) is 2.17. The van der Waals surface area contributed by atoms with Gasteiger partial charge in [0.25, 0.3) is 0 Å². The number of carbonyl (C=O) groups excluding carboxylic acids is 1. The van der Waals surface area contributed by atoms with Gasteiger partial charge in [-0.3, -0.25) is 4.79 Å². The summed E-state index contributed by atoms with van der Waals surface area (Å²) in [7, 11) is 0. The van der Waals surface area contributed by atoms with E-state index in [1.54, 1.807) is 0 Å². The zero-order valence-electron chi connectivity index (χ0n) is 6.18. The van der Waals surface area contributed by atoms with Crippen LogP contribution in [0.1, 0.15) is 10.4 Å². The van der Waals surface area contributed by atoms with Crippen LogP contribution in [0, 0.1) is 0 Å². The van der Waals surface area contributed by atoms with Crippen molar-refractivity contribution in [3.8, 4) is 0 Å². The Balaban J connectivity index is 3.30. The molecule has 0 unspecified atom stereocenters. The van der Waals surface area contributed by atoms with Gasteiger partial charge in [0.15, 0.2) is 5.78 Å². The predicted molar refractivity (Wildman–Crippen MR) is 56.4 cm³/mol. The summed E-state index contributed by atoms with van der Waals surface area (Å²) in [4.78, 5) is 11.3. The predicted octanol–water partition coefficient (Wildman–Crippen LogP) is 3.58. The molecule has 0 aliphatic heterocycles. The van der Waals surface area contributed by atoms with Crippen molar-refractivity contribution in [1.29, 1.82) is 0 Å². The molecule has 0 aliphatic carbocycles. The van der Waals surface area contributed by atoms with Crippen LogP contribution in [0.2, 0.25) is 0 Å². The van der Waals surface area contributed by atoms with Crippen molar-refractivity contribution >= 4 is 37.6 Å². The van der Waals surface area contributed by atoms with E-state index in [0.29, 0.717) is 5.56 Å². The van der Waals surface area contributed by atoms with E-state index in [-0.39, 0.29) is 5.78 Å². The fourth-order valence-electron chi connectivity index (χ4n) is 0.835. The largest absolute Gasteiger partial charge is 0.289 e. The lowest BCUT2D eigenvalue weighted by Gasteiger charge is -2.01. The average molecular weight is 290 g/mol. The van der Waals surface area contributed by atoms with Crippen molar-refractivity contribution in [2.45, 2.75) is 0 Å². The number of hydrogen-bond acceptors (Lipinski definition) is 1. The quantitative estimate of drug-likeness (QED) is 0.601. The van der Waals surface area contributed by atoms with Gasteiger partial charge in [0.05, 0.1) is 5.56 Å². The third-order valence-corrected chi connectivity index (χ3v) is 2.72.